The van der Waals surface area contributed by atoms with Crippen molar-refractivity contribution in [2.45, 2.75) is 40.2 Å². The number of carbonyl (C=O) groups excluding carboxylic acids is 1. The van der Waals surface area contributed by atoms with E-state index < -0.39 is 11.0 Å². The average Bonchev–Trinajstić information content (AvgIpc) is 2.98. The third kappa shape index (κ3) is 6.38. The molecule has 1 amide bonds. The minimum atomic E-state index is -1.08. The van der Waals surface area contributed by atoms with Gasteiger partial charge in [0.25, 0.3) is 0 Å². The molecule has 4 N–H and O–H groups in total. The third-order valence-electron chi connectivity index (χ3n) is 3.86. The summed E-state index contributed by atoms with van der Waals surface area (Å²) in [4.78, 5) is 16.6. The van der Waals surface area contributed by atoms with Crippen molar-refractivity contribution >= 4 is 11.9 Å². The number of guanidine groups is 1. The first-order valence-corrected chi connectivity index (χ1v) is 8.64. The summed E-state index contributed by atoms with van der Waals surface area (Å²) >= 11 is 0. The van der Waals surface area contributed by atoms with Crippen LogP contribution in [0.4, 0.5) is 0 Å². The van der Waals surface area contributed by atoms with E-state index in [9.17, 15) is 9.90 Å². The van der Waals surface area contributed by atoms with Crippen LogP contribution in [-0.4, -0.2) is 52.9 Å². The third-order valence-corrected chi connectivity index (χ3v) is 3.86. The Morgan fingerprint density at radius 2 is 1.88 bits per heavy atom. The number of aromatic nitrogens is 2. The molecule has 0 bridgehead atoms. The van der Waals surface area contributed by atoms with Crippen LogP contribution in [0.3, 0.4) is 0 Å². The molecule has 0 saturated carbocycles. The Morgan fingerprint density at radius 3 is 2.40 bits per heavy atom. The number of hydrogen-bond donors (Lipinski definition) is 4. The van der Waals surface area contributed by atoms with Gasteiger partial charge in [-0.05, 0) is 34.6 Å². The van der Waals surface area contributed by atoms with Gasteiger partial charge in [0.2, 0.25) is 5.91 Å². The van der Waals surface area contributed by atoms with Crippen LogP contribution in [0.15, 0.2) is 17.4 Å². The van der Waals surface area contributed by atoms with E-state index in [0.29, 0.717) is 25.6 Å². The van der Waals surface area contributed by atoms with Gasteiger partial charge in [-0.15, -0.1) is 0 Å². The van der Waals surface area contributed by atoms with Crippen molar-refractivity contribution < 1.29 is 9.90 Å². The first kappa shape index (κ1) is 21.0. The zero-order chi connectivity index (χ0) is 19.1. The van der Waals surface area contributed by atoms with E-state index in [2.05, 4.69) is 26.0 Å². The molecule has 0 aliphatic heterocycles. The number of aliphatic hydroxyl groups is 1. The Labute approximate surface area is 150 Å². The number of amides is 1. The van der Waals surface area contributed by atoms with Crippen molar-refractivity contribution in [1.82, 2.24) is 25.7 Å². The first-order valence-electron chi connectivity index (χ1n) is 8.64. The molecule has 142 valence electrons. The van der Waals surface area contributed by atoms with Crippen LogP contribution in [0.1, 0.15) is 40.2 Å². The van der Waals surface area contributed by atoms with Crippen LogP contribution < -0.4 is 16.0 Å². The number of nitrogens with one attached hydrogen (secondary N) is 3. The second kappa shape index (κ2) is 8.84. The highest BCUT2D eigenvalue weighted by molar-refractivity contribution is 5.83. The zero-order valence-corrected chi connectivity index (χ0v) is 16.2. The maximum atomic E-state index is 12.1. The van der Waals surface area contributed by atoms with Gasteiger partial charge in [0, 0.05) is 31.9 Å². The highest BCUT2D eigenvalue weighted by Gasteiger charge is 2.28. The Balaban J connectivity index is 2.74. The molecule has 1 aromatic heterocycles. The Kier molecular flexibility index (Phi) is 7.41. The number of aliphatic imine (C=N–C) groups is 1. The largest absolute Gasteiger partial charge is 0.383 e. The second-order valence-corrected chi connectivity index (χ2v) is 6.97. The lowest BCUT2D eigenvalue weighted by Crippen LogP contribution is -2.45. The minimum Gasteiger partial charge on any atom is -0.383 e. The molecule has 1 aromatic rings. The zero-order valence-electron chi connectivity index (χ0n) is 16.2. The van der Waals surface area contributed by atoms with Gasteiger partial charge in [0.05, 0.1) is 24.7 Å². The summed E-state index contributed by atoms with van der Waals surface area (Å²) in [5.74, 6) is 0.529. The predicted molar refractivity (Wildman–Crippen MR) is 99.2 cm³/mol. The number of rotatable bonds is 8. The highest BCUT2D eigenvalue weighted by Crippen LogP contribution is 2.18. The summed E-state index contributed by atoms with van der Waals surface area (Å²) in [5, 5.41) is 23.8. The number of aryl methyl sites for hydroxylation is 1. The summed E-state index contributed by atoms with van der Waals surface area (Å²) in [6.07, 6.45) is 3.42. The molecule has 8 nitrogen and oxygen atoms in total. The summed E-state index contributed by atoms with van der Waals surface area (Å²) < 4.78 is 1.65. The van der Waals surface area contributed by atoms with Crippen molar-refractivity contribution in [1.29, 1.82) is 0 Å². The number of carbonyl (C=O) groups is 1. The molecule has 1 rings (SSSR count). The van der Waals surface area contributed by atoms with E-state index in [4.69, 9.17) is 0 Å². The van der Waals surface area contributed by atoms with Crippen LogP contribution >= 0.6 is 0 Å². The molecule has 8 heteroatoms. The molecule has 0 spiro atoms. The van der Waals surface area contributed by atoms with Gasteiger partial charge in [-0.1, -0.05) is 0 Å². The maximum Gasteiger partial charge on any atom is 0.227 e. The lowest BCUT2D eigenvalue weighted by atomic mass is 9.92. The quantitative estimate of drug-likeness (QED) is 0.399. The van der Waals surface area contributed by atoms with Gasteiger partial charge >= 0.3 is 0 Å². The van der Waals surface area contributed by atoms with Gasteiger partial charge in [0.1, 0.15) is 5.60 Å². The standard InChI is InChI=1S/C17H32N6O2/c1-7-18-14(24)16(3,4)11-20-15(19-8-2)21-12-17(5,25)13-9-22-23(6)10-13/h9-10,25H,7-8,11-12H2,1-6H3,(H,18,24)(H2,19,20,21). The van der Waals surface area contributed by atoms with Crippen LogP contribution in [0, 0.1) is 5.41 Å². The lowest BCUT2D eigenvalue weighted by Gasteiger charge is -2.25. The summed E-state index contributed by atoms with van der Waals surface area (Å²) in [6.45, 7) is 11.2. The van der Waals surface area contributed by atoms with Gasteiger partial charge in [-0.2, -0.15) is 5.10 Å². The molecule has 25 heavy (non-hydrogen) atoms. The van der Waals surface area contributed by atoms with Crippen molar-refractivity contribution in [3.05, 3.63) is 18.0 Å². The molecule has 0 aliphatic rings. The number of nitrogens with zero attached hydrogens (tertiary/aromatic N) is 3. The highest BCUT2D eigenvalue weighted by atomic mass is 16.3. The summed E-state index contributed by atoms with van der Waals surface area (Å²) in [6, 6.07) is 0. The SMILES string of the molecule is CCNC(=O)C(C)(C)CN=C(NCC)NCC(C)(O)c1cnn(C)c1. The normalized spacial score (nSPS) is 14.8. The van der Waals surface area contributed by atoms with Crippen molar-refractivity contribution in [3.63, 3.8) is 0 Å². The minimum absolute atomic E-state index is 0.0306. The maximum absolute atomic E-state index is 12.1. The van der Waals surface area contributed by atoms with E-state index in [-0.39, 0.29) is 12.5 Å². The average molecular weight is 352 g/mol. The molecule has 1 heterocycles. The van der Waals surface area contributed by atoms with E-state index in [1.165, 1.54) is 0 Å². The molecule has 0 aliphatic carbocycles. The monoisotopic (exact) mass is 352 g/mol. The first-order chi connectivity index (χ1) is 11.6. The van der Waals surface area contributed by atoms with Gasteiger partial charge in [0.15, 0.2) is 5.96 Å². The van der Waals surface area contributed by atoms with Crippen LogP contribution in [0.25, 0.3) is 0 Å². The van der Waals surface area contributed by atoms with Gasteiger partial charge < -0.3 is 21.1 Å². The smallest absolute Gasteiger partial charge is 0.227 e. The predicted octanol–water partition coefficient (Wildman–Crippen LogP) is 0.345. The lowest BCUT2D eigenvalue weighted by molar-refractivity contribution is -0.128. The molecular formula is C17H32N6O2. The van der Waals surface area contributed by atoms with Gasteiger partial charge in [-0.25, -0.2) is 0 Å². The van der Waals surface area contributed by atoms with E-state index >= 15 is 0 Å². The molecule has 0 fully saturated rings. The fraction of sp³-hybridized carbons (Fsp3) is 0.706. The molecule has 1 atom stereocenters. The second-order valence-electron chi connectivity index (χ2n) is 6.97. The van der Waals surface area contributed by atoms with Gasteiger partial charge in [-0.3, -0.25) is 14.5 Å². The fourth-order valence-electron chi connectivity index (χ4n) is 2.15. The fourth-order valence-corrected chi connectivity index (χ4v) is 2.15. The van der Waals surface area contributed by atoms with E-state index in [0.717, 1.165) is 5.56 Å². The van der Waals surface area contributed by atoms with E-state index in [1.54, 1.807) is 24.0 Å². The van der Waals surface area contributed by atoms with Crippen LogP contribution in [-0.2, 0) is 17.4 Å². The van der Waals surface area contributed by atoms with Crippen molar-refractivity contribution in [2.75, 3.05) is 26.2 Å². The molecule has 1 unspecified atom stereocenters. The number of hydrogen-bond acceptors (Lipinski definition) is 4. The van der Waals surface area contributed by atoms with Crippen molar-refractivity contribution in [2.24, 2.45) is 17.5 Å². The van der Waals surface area contributed by atoms with Crippen LogP contribution in [0.2, 0.25) is 0 Å². The Morgan fingerprint density at radius 1 is 1.24 bits per heavy atom. The van der Waals surface area contributed by atoms with Crippen molar-refractivity contribution in [3.8, 4) is 0 Å². The summed E-state index contributed by atoms with van der Waals surface area (Å²) in [5.41, 5.74) is -0.968. The summed E-state index contributed by atoms with van der Waals surface area (Å²) in [7, 11) is 1.81. The van der Waals surface area contributed by atoms with E-state index in [1.807, 2.05) is 34.7 Å². The topological polar surface area (TPSA) is 104 Å². The Hall–Kier alpha value is -2.09. The van der Waals surface area contributed by atoms with Crippen LogP contribution in [0.5, 0.6) is 0 Å². The molecule has 0 radical (unpaired) electrons. The Bertz CT molecular complexity index is 592. The molecule has 0 saturated heterocycles. The molecular weight excluding hydrogens is 320 g/mol. The molecule has 0 aromatic carbocycles.